The lowest BCUT2D eigenvalue weighted by Gasteiger charge is -2.35. The Kier molecular flexibility index (Phi) is 6.37. The van der Waals surface area contributed by atoms with E-state index < -0.39 is 10.0 Å². The highest BCUT2D eigenvalue weighted by Crippen LogP contribution is 2.33. The van der Waals surface area contributed by atoms with Crippen molar-refractivity contribution < 1.29 is 13.5 Å². The van der Waals surface area contributed by atoms with E-state index >= 15 is 0 Å². The zero-order valence-electron chi connectivity index (χ0n) is 13.2. The molecule has 1 aromatic carbocycles. The molecule has 22 heavy (non-hydrogen) atoms. The van der Waals surface area contributed by atoms with E-state index in [9.17, 15) is 13.5 Å². The van der Waals surface area contributed by atoms with Crippen LogP contribution in [0, 0.1) is 0 Å². The Labute approximate surface area is 133 Å². The van der Waals surface area contributed by atoms with Gasteiger partial charge in [0.15, 0.2) is 0 Å². The lowest BCUT2D eigenvalue weighted by Crippen LogP contribution is -2.40. The van der Waals surface area contributed by atoms with Crippen LogP contribution in [0.15, 0.2) is 24.3 Å². The molecule has 0 heterocycles. The number of benzene rings is 1. The highest BCUT2D eigenvalue weighted by molar-refractivity contribution is 7.89. The van der Waals surface area contributed by atoms with Gasteiger partial charge in [0.1, 0.15) is 0 Å². The maximum atomic E-state index is 11.5. The van der Waals surface area contributed by atoms with Crippen molar-refractivity contribution in [1.29, 1.82) is 0 Å². The largest absolute Gasteiger partial charge is 0.395 e. The number of hydrogen-bond donors (Lipinski definition) is 2. The van der Waals surface area contributed by atoms with E-state index in [0.717, 1.165) is 19.3 Å². The van der Waals surface area contributed by atoms with Gasteiger partial charge in [-0.2, -0.15) is 0 Å². The average Bonchev–Trinajstić information content (AvgIpc) is 2.53. The van der Waals surface area contributed by atoms with Gasteiger partial charge >= 0.3 is 0 Å². The molecule has 2 N–H and O–H groups in total. The summed E-state index contributed by atoms with van der Waals surface area (Å²) in [4.78, 5) is 2.19. The summed E-state index contributed by atoms with van der Waals surface area (Å²) in [6.45, 7) is 3.27. The van der Waals surface area contributed by atoms with Crippen molar-refractivity contribution in [3.63, 3.8) is 0 Å². The summed E-state index contributed by atoms with van der Waals surface area (Å²) in [5.74, 6) is 0.0965. The summed E-state index contributed by atoms with van der Waals surface area (Å²) >= 11 is 0. The molecular formula is C16H26N2O3S. The fourth-order valence-electron chi connectivity index (χ4n) is 3.11. The SMILES string of the molecule is CCS(=O)(=O)NCCN(CCO)C1CCCc2ccccc21. The first-order valence-corrected chi connectivity index (χ1v) is 9.62. The first kappa shape index (κ1) is 17.4. The molecule has 6 heteroatoms. The molecule has 0 amide bonds. The van der Waals surface area contributed by atoms with E-state index in [0.29, 0.717) is 19.6 Å². The monoisotopic (exact) mass is 326 g/mol. The van der Waals surface area contributed by atoms with Gasteiger partial charge in [0.2, 0.25) is 10.0 Å². The first-order chi connectivity index (χ1) is 10.6. The molecule has 1 atom stereocenters. The zero-order valence-corrected chi connectivity index (χ0v) is 14.0. The molecule has 5 nitrogen and oxygen atoms in total. The Morgan fingerprint density at radius 1 is 1.32 bits per heavy atom. The second-order valence-electron chi connectivity index (χ2n) is 5.66. The highest BCUT2D eigenvalue weighted by atomic mass is 32.2. The molecule has 0 spiro atoms. The van der Waals surface area contributed by atoms with Gasteiger partial charge in [0.05, 0.1) is 12.4 Å². The van der Waals surface area contributed by atoms with Gasteiger partial charge in [-0.1, -0.05) is 24.3 Å². The summed E-state index contributed by atoms with van der Waals surface area (Å²) < 4.78 is 25.7. The highest BCUT2D eigenvalue weighted by Gasteiger charge is 2.25. The van der Waals surface area contributed by atoms with Crippen LogP contribution in [0.3, 0.4) is 0 Å². The van der Waals surface area contributed by atoms with Crippen LogP contribution in [0.1, 0.15) is 36.9 Å². The normalized spacial score (nSPS) is 18.4. The summed E-state index contributed by atoms with van der Waals surface area (Å²) in [6, 6.07) is 8.70. The van der Waals surface area contributed by atoms with Crippen molar-refractivity contribution in [2.75, 3.05) is 32.0 Å². The summed E-state index contributed by atoms with van der Waals surface area (Å²) in [7, 11) is -3.16. The quantitative estimate of drug-likeness (QED) is 0.755. The van der Waals surface area contributed by atoms with E-state index in [-0.39, 0.29) is 18.4 Å². The number of rotatable bonds is 8. The maximum Gasteiger partial charge on any atom is 0.211 e. The molecule has 2 rings (SSSR count). The third-order valence-corrected chi connectivity index (χ3v) is 5.67. The zero-order chi connectivity index (χ0) is 16.0. The number of nitrogens with one attached hydrogen (secondary N) is 1. The number of nitrogens with zero attached hydrogens (tertiary/aromatic N) is 1. The van der Waals surface area contributed by atoms with E-state index in [4.69, 9.17) is 0 Å². The van der Waals surface area contributed by atoms with Crippen LogP contribution < -0.4 is 4.72 Å². The minimum atomic E-state index is -3.16. The lowest BCUT2D eigenvalue weighted by atomic mass is 9.87. The molecule has 0 saturated heterocycles. The van der Waals surface area contributed by atoms with Crippen molar-refractivity contribution in [3.8, 4) is 0 Å². The third-order valence-electron chi connectivity index (χ3n) is 4.27. The minimum Gasteiger partial charge on any atom is -0.395 e. The molecular weight excluding hydrogens is 300 g/mol. The smallest absolute Gasteiger partial charge is 0.211 e. The number of sulfonamides is 1. The van der Waals surface area contributed by atoms with Crippen LogP contribution in [0.5, 0.6) is 0 Å². The Bertz CT molecular complexity index is 575. The molecule has 124 valence electrons. The second-order valence-corrected chi connectivity index (χ2v) is 7.76. The van der Waals surface area contributed by atoms with E-state index in [2.05, 4.69) is 27.8 Å². The topological polar surface area (TPSA) is 69.6 Å². The predicted octanol–water partition coefficient (Wildman–Crippen LogP) is 1.30. The third kappa shape index (κ3) is 4.52. The molecule has 0 fully saturated rings. The Balaban J connectivity index is 2.05. The summed E-state index contributed by atoms with van der Waals surface area (Å²) in [6.07, 6.45) is 3.28. The van der Waals surface area contributed by atoms with Crippen LogP contribution in [0.2, 0.25) is 0 Å². The van der Waals surface area contributed by atoms with Gasteiger partial charge in [0, 0.05) is 25.7 Å². The maximum absolute atomic E-state index is 11.5. The van der Waals surface area contributed by atoms with E-state index in [1.807, 2.05) is 6.07 Å². The number of aryl methyl sites for hydroxylation is 1. The molecule has 1 unspecified atom stereocenters. The predicted molar refractivity (Wildman–Crippen MR) is 88.2 cm³/mol. The van der Waals surface area contributed by atoms with Gasteiger partial charge in [-0.25, -0.2) is 13.1 Å². The minimum absolute atomic E-state index is 0.0825. The Morgan fingerprint density at radius 3 is 2.82 bits per heavy atom. The van der Waals surface area contributed by atoms with Crippen molar-refractivity contribution in [2.45, 2.75) is 32.2 Å². The van der Waals surface area contributed by atoms with Crippen molar-refractivity contribution in [3.05, 3.63) is 35.4 Å². The number of hydrogen-bond acceptors (Lipinski definition) is 4. The van der Waals surface area contributed by atoms with Crippen molar-refractivity contribution in [2.24, 2.45) is 0 Å². The summed E-state index contributed by atoms with van der Waals surface area (Å²) in [5.41, 5.74) is 2.69. The number of fused-ring (bicyclic) bond motifs is 1. The van der Waals surface area contributed by atoms with Gasteiger partial charge in [0.25, 0.3) is 0 Å². The molecule has 1 aromatic rings. The summed E-state index contributed by atoms with van der Waals surface area (Å²) in [5, 5.41) is 9.34. The molecule has 0 saturated carbocycles. The van der Waals surface area contributed by atoms with E-state index in [1.165, 1.54) is 11.1 Å². The fourth-order valence-corrected chi connectivity index (χ4v) is 3.71. The standard InChI is InChI=1S/C16H26N2O3S/c1-2-22(20,21)17-10-11-18(12-13-19)16-9-5-7-14-6-3-4-8-15(14)16/h3-4,6,8,16-17,19H,2,5,7,9-13H2,1H3. The molecule has 0 radical (unpaired) electrons. The van der Waals surface area contributed by atoms with Crippen LogP contribution in [0.25, 0.3) is 0 Å². The van der Waals surface area contributed by atoms with Crippen molar-refractivity contribution >= 4 is 10.0 Å². The molecule has 0 bridgehead atoms. The molecule has 0 aromatic heterocycles. The van der Waals surface area contributed by atoms with Crippen LogP contribution >= 0.6 is 0 Å². The number of aliphatic hydroxyl groups is 1. The molecule has 0 aliphatic heterocycles. The van der Waals surface area contributed by atoms with Crippen LogP contribution in [-0.4, -0.2) is 50.4 Å². The molecule has 1 aliphatic carbocycles. The fraction of sp³-hybridized carbons (Fsp3) is 0.625. The number of aliphatic hydroxyl groups excluding tert-OH is 1. The van der Waals surface area contributed by atoms with Gasteiger partial charge in [-0.05, 0) is 37.3 Å². The van der Waals surface area contributed by atoms with Gasteiger partial charge in [-0.3, -0.25) is 4.90 Å². The van der Waals surface area contributed by atoms with E-state index in [1.54, 1.807) is 6.92 Å². The molecule has 1 aliphatic rings. The van der Waals surface area contributed by atoms with Crippen molar-refractivity contribution in [1.82, 2.24) is 9.62 Å². The van der Waals surface area contributed by atoms with Gasteiger partial charge in [-0.15, -0.1) is 0 Å². The van der Waals surface area contributed by atoms with Gasteiger partial charge < -0.3 is 5.11 Å². The van der Waals surface area contributed by atoms with Crippen LogP contribution in [-0.2, 0) is 16.4 Å². The lowest BCUT2D eigenvalue weighted by molar-refractivity contribution is 0.141. The average molecular weight is 326 g/mol. The first-order valence-electron chi connectivity index (χ1n) is 7.97. The Morgan fingerprint density at radius 2 is 2.09 bits per heavy atom. The second kappa shape index (κ2) is 8.06. The van der Waals surface area contributed by atoms with Crippen LogP contribution in [0.4, 0.5) is 0 Å². The Hall–Kier alpha value is -0.950.